The summed E-state index contributed by atoms with van der Waals surface area (Å²) in [4.78, 5) is 17.8. The Kier molecular flexibility index (Phi) is 4.39. The van der Waals surface area contributed by atoms with E-state index in [0.29, 0.717) is 5.56 Å². The number of aldehydes is 1. The van der Waals surface area contributed by atoms with E-state index in [-0.39, 0.29) is 11.1 Å². The van der Waals surface area contributed by atoms with Gasteiger partial charge in [0, 0.05) is 22.8 Å². The van der Waals surface area contributed by atoms with E-state index in [1.807, 2.05) is 6.07 Å². The number of rotatable bonds is 3. The smallest absolute Gasteiger partial charge is 0.151 e. The summed E-state index contributed by atoms with van der Waals surface area (Å²) < 4.78 is 0. The number of nitrogens with zero attached hydrogens (tertiary/aromatic N) is 2. The maximum Gasteiger partial charge on any atom is 0.151 e. The summed E-state index contributed by atoms with van der Waals surface area (Å²) in [6.07, 6.45) is 3.41. The predicted molar refractivity (Wildman–Crippen MR) is 81.0 cm³/mol. The number of carbonyl (C=O) groups excluding carboxylic acids is 1. The van der Waals surface area contributed by atoms with Gasteiger partial charge in [-0.25, -0.2) is 4.98 Å². The molecule has 0 unspecified atom stereocenters. The number of carbonyl (C=O) groups is 1. The number of aromatic nitrogens is 1. The van der Waals surface area contributed by atoms with Crippen molar-refractivity contribution in [2.24, 2.45) is 0 Å². The molecule has 0 bridgehead atoms. The lowest BCUT2D eigenvalue weighted by Crippen LogP contribution is -2.53. The number of anilines is 1. The zero-order chi connectivity index (χ0) is 14.8. The van der Waals surface area contributed by atoms with E-state index in [1.165, 1.54) is 0 Å². The molecule has 0 aliphatic carbocycles. The standard InChI is InChI=1S/C16H26N2O/c1-8-12-9-14(17-10-13(12)11-19)18(15(2,3)4)16(5,6)7/h9-11H,8H2,1-7H3. The van der Waals surface area contributed by atoms with Gasteiger partial charge in [0.25, 0.3) is 0 Å². The van der Waals surface area contributed by atoms with Crippen LogP contribution in [0.4, 0.5) is 5.82 Å². The maximum atomic E-state index is 11.0. The van der Waals surface area contributed by atoms with Gasteiger partial charge in [0.1, 0.15) is 5.82 Å². The first-order valence-electron chi connectivity index (χ1n) is 6.85. The number of hydrogen-bond acceptors (Lipinski definition) is 3. The van der Waals surface area contributed by atoms with Crippen molar-refractivity contribution >= 4 is 12.1 Å². The first kappa shape index (κ1) is 15.7. The highest BCUT2D eigenvalue weighted by atomic mass is 16.1. The van der Waals surface area contributed by atoms with E-state index >= 15 is 0 Å². The Morgan fingerprint density at radius 2 is 1.68 bits per heavy atom. The molecule has 0 aliphatic rings. The fourth-order valence-corrected chi connectivity index (χ4v) is 2.72. The summed E-state index contributed by atoms with van der Waals surface area (Å²) in [7, 11) is 0. The van der Waals surface area contributed by atoms with Gasteiger partial charge in [0.05, 0.1) is 0 Å². The molecular weight excluding hydrogens is 236 g/mol. The van der Waals surface area contributed by atoms with Crippen molar-refractivity contribution < 1.29 is 4.79 Å². The van der Waals surface area contributed by atoms with Crippen LogP contribution in [-0.2, 0) is 6.42 Å². The van der Waals surface area contributed by atoms with Gasteiger partial charge < -0.3 is 4.90 Å². The van der Waals surface area contributed by atoms with E-state index in [1.54, 1.807) is 6.20 Å². The van der Waals surface area contributed by atoms with Gasteiger partial charge in [-0.3, -0.25) is 4.79 Å². The summed E-state index contributed by atoms with van der Waals surface area (Å²) in [5.41, 5.74) is 1.69. The number of pyridine rings is 1. The van der Waals surface area contributed by atoms with Crippen molar-refractivity contribution in [3.05, 3.63) is 23.4 Å². The summed E-state index contributed by atoms with van der Waals surface area (Å²) in [6, 6.07) is 2.04. The molecule has 1 heterocycles. The highest BCUT2D eigenvalue weighted by Crippen LogP contribution is 2.31. The minimum absolute atomic E-state index is 0.0288. The Labute approximate surface area is 117 Å². The number of aryl methyl sites for hydroxylation is 1. The molecule has 3 heteroatoms. The fourth-order valence-electron chi connectivity index (χ4n) is 2.72. The van der Waals surface area contributed by atoms with Crippen LogP contribution in [0.2, 0.25) is 0 Å². The molecule has 1 aromatic heterocycles. The third-order valence-corrected chi connectivity index (χ3v) is 3.09. The van der Waals surface area contributed by atoms with Crippen LogP contribution in [-0.4, -0.2) is 22.3 Å². The third kappa shape index (κ3) is 3.55. The second kappa shape index (κ2) is 5.32. The molecule has 0 atom stereocenters. The molecule has 1 aromatic rings. The number of hydrogen-bond donors (Lipinski definition) is 0. The molecule has 1 rings (SSSR count). The lowest BCUT2D eigenvalue weighted by Gasteiger charge is -2.46. The van der Waals surface area contributed by atoms with Gasteiger partial charge in [-0.1, -0.05) is 6.92 Å². The molecule has 106 valence electrons. The van der Waals surface area contributed by atoms with Crippen molar-refractivity contribution in [3.8, 4) is 0 Å². The molecule has 0 radical (unpaired) electrons. The van der Waals surface area contributed by atoms with E-state index in [0.717, 1.165) is 24.1 Å². The molecule has 0 saturated heterocycles. The highest BCUT2D eigenvalue weighted by Gasteiger charge is 2.32. The lowest BCUT2D eigenvalue weighted by molar-refractivity contribution is 0.112. The first-order chi connectivity index (χ1) is 8.61. The third-order valence-electron chi connectivity index (χ3n) is 3.09. The molecule has 19 heavy (non-hydrogen) atoms. The van der Waals surface area contributed by atoms with Gasteiger partial charge in [-0.15, -0.1) is 0 Å². The molecular formula is C16H26N2O. The maximum absolute atomic E-state index is 11.0. The molecule has 3 nitrogen and oxygen atoms in total. The van der Waals surface area contributed by atoms with E-state index in [4.69, 9.17) is 0 Å². The zero-order valence-electron chi connectivity index (χ0n) is 13.2. The average Bonchev–Trinajstić information content (AvgIpc) is 2.24. The van der Waals surface area contributed by atoms with Crippen LogP contribution in [0.15, 0.2) is 12.3 Å². The summed E-state index contributed by atoms with van der Waals surface area (Å²) in [5, 5.41) is 0. The predicted octanol–water partition coefficient (Wildman–Crippen LogP) is 3.86. The summed E-state index contributed by atoms with van der Waals surface area (Å²) in [5.74, 6) is 0.933. The largest absolute Gasteiger partial charge is 0.347 e. The molecule has 0 N–H and O–H groups in total. The van der Waals surface area contributed by atoms with Gasteiger partial charge in [-0.2, -0.15) is 0 Å². The monoisotopic (exact) mass is 262 g/mol. The lowest BCUT2D eigenvalue weighted by atomic mass is 9.95. The van der Waals surface area contributed by atoms with Crippen molar-refractivity contribution in [2.75, 3.05) is 4.90 Å². The molecule has 0 spiro atoms. The van der Waals surface area contributed by atoms with E-state index < -0.39 is 0 Å². The second-order valence-electron chi connectivity index (χ2n) is 6.89. The van der Waals surface area contributed by atoms with Crippen LogP contribution < -0.4 is 4.90 Å². The van der Waals surface area contributed by atoms with Crippen LogP contribution in [0, 0.1) is 0 Å². The van der Waals surface area contributed by atoms with Crippen molar-refractivity contribution in [1.29, 1.82) is 0 Å². The van der Waals surface area contributed by atoms with Gasteiger partial charge in [-0.05, 0) is 59.6 Å². The quantitative estimate of drug-likeness (QED) is 0.775. The molecule has 0 amide bonds. The Morgan fingerprint density at radius 3 is 2.05 bits per heavy atom. The van der Waals surface area contributed by atoms with Crippen molar-refractivity contribution in [1.82, 2.24) is 4.98 Å². The highest BCUT2D eigenvalue weighted by molar-refractivity contribution is 5.77. The minimum Gasteiger partial charge on any atom is -0.347 e. The van der Waals surface area contributed by atoms with Crippen LogP contribution in [0.5, 0.6) is 0 Å². The first-order valence-corrected chi connectivity index (χ1v) is 6.85. The van der Waals surface area contributed by atoms with Crippen molar-refractivity contribution in [2.45, 2.75) is 66.0 Å². The fraction of sp³-hybridized carbons (Fsp3) is 0.625. The minimum atomic E-state index is -0.0288. The van der Waals surface area contributed by atoms with E-state index in [9.17, 15) is 4.79 Å². The normalized spacial score (nSPS) is 12.4. The summed E-state index contributed by atoms with van der Waals surface area (Å²) >= 11 is 0. The molecule has 0 saturated carbocycles. The average molecular weight is 262 g/mol. The van der Waals surface area contributed by atoms with Gasteiger partial charge >= 0.3 is 0 Å². The SMILES string of the molecule is CCc1cc(N(C(C)(C)C)C(C)(C)C)ncc1C=O. The van der Waals surface area contributed by atoms with E-state index in [2.05, 4.69) is 58.4 Å². The van der Waals surface area contributed by atoms with Gasteiger partial charge in [0.15, 0.2) is 6.29 Å². The molecule has 0 fully saturated rings. The van der Waals surface area contributed by atoms with Crippen molar-refractivity contribution in [3.63, 3.8) is 0 Å². The Balaban J connectivity index is 3.36. The Bertz CT molecular complexity index is 439. The van der Waals surface area contributed by atoms with Crippen LogP contribution in [0.3, 0.4) is 0 Å². The second-order valence-corrected chi connectivity index (χ2v) is 6.89. The van der Waals surface area contributed by atoms with Crippen LogP contribution >= 0.6 is 0 Å². The zero-order valence-corrected chi connectivity index (χ0v) is 13.2. The topological polar surface area (TPSA) is 33.2 Å². The Hall–Kier alpha value is -1.38. The van der Waals surface area contributed by atoms with Crippen LogP contribution in [0.25, 0.3) is 0 Å². The van der Waals surface area contributed by atoms with Gasteiger partial charge in [0.2, 0.25) is 0 Å². The molecule has 0 aliphatic heterocycles. The van der Waals surface area contributed by atoms with Crippen LogP contribution in [0.1, 0.15) is 64.4 Å². The molecule has 0 aromatic carbocycles. The summed E-state index contributed by atoms with van der Waals surface area (Å²) in [6.45, 7) is 15.1. The Morgan fingerprint density at radius 1 is 1.16 bits per heavy atom.